The molecule has 5 heteroatoms. The van der Waals surface area contributed by atoms with E-state index in [-0.39, 0.29) is 0 Å². The molecule has 70 valence electrons. The molecule has 0 spiro atoms. The number of aromatic nitrogens is 2. The molecule has 2 heterocycles. The summed E-state index contributed by atoms with van der Waals surface area (Å²) in [4.78, 5) is 2.70. The lowest BCUT2D eigenvalue weighted by atomic mass is 10.3. The molecule has 0 fully saturated rings. The minimum absolute atomic E-state index is 0.459. The molecule has 0 aromatic carbocycles. The van der Waals surface area contributed by atoms with Crippen molar-refractivity contribution in [2.75, 3.05) is 6.54 Å². The summed E-state index contributed by atoms with van der Waals surface area (Å²) in [7, 11) is 0. The Bertz CT molecular complexity index is 448. The molecular formula is C9H9N5. The number of nitrogens with zero attached hydrogens (tertiary/aromatic N) is 5. The van der Waals surface area contributed by atoms with E-state index in [0.717, 1.165) is 11.2 Å². The number of rotatable bonds is 3. The Balaban J connectivity index is 2.22. The summed E-state index contributed by atoms with van der Waals surface area (Å²) in [5, 5.41) is 7.79. The zero-order valence-corrected chi connectivity index (χ0v) is 7.54. The second-order valence-corrected chi connectivity index (χ2v) is 2.91. The summed E-state index contributed by atoms with van der Waals surface area (Å²) in [5.74, 6) is 0. The van der Waals surface area contributed by atoms with E-state index in [1.54, 1.807) is 0 Å². The third-order valence-corrected chi connectivity index (χ3v) is 1.95. The first-order chi connectivity index (χ1) is 6.90. The van der Waals surface area contributed by atoms with Gasteiger partial charge in [0.25, 0.3) is 0 Å². The van der Waals surface area contributed by atoms with E-state index in [1.807, 2.05) is 35.0 Å². The zero-order valence-electron chi connectivity index (χ0n) is 7.54. The van der Waals surface area contributed by atoms with Crippen LogP contribution in [0.25, 0.3) is 16.0 Å². The molecule has 0 saturated heterocycles. The molecule has 2 rings (SSSR count). The van der Waals surface area contributed by atoms with Gasteiger partial charge in [-0.1, -0.05) is 11.2 Å². The predicted octanol–water partition coefficient (Wildman–Crippen LogP) is 2.19. The molecule has 14 heavy (non-hydrogen) atoms. The first-order valence-corrected chi connectivity index (χ1v) is 4.34. The predicted molar refractivity (Wildman–Crippen MR) is 52.9 cm³/mol. The molecule has 0 bridgehead atoms. The number of hydrogen-bond acceptors (Lipinski definition) is 2. The van der Waals surface area contributed by atoms with Crippen LogP contribution in [-0.2, 0) is 6.42 Å². The highest BCUT2D eigenvalue weighted by Gasteiger charge is 1.98. The van der Waals surface area contributed by atoms with E-state index in [1.165, 1.54) is 0 Å². The van der Waals surface area contributed by atoms with Gasteiger partial charge < -0.3 is 0 Å². The minimum atomic E-state index is 0.459. The molecule has 0 atom stereocenters. The van der Waals surface area contributed by atoms with Gasteiger partial charge in [-0.05, 0) is 30.2 Å². The molecule has 2 aromatic heterocycles. The first-order valence-electron chi connectivity index (χ1n) is 4.34. The third-order valence-electron chi connectivity index (χ3n) is 1.95. The largest absolute Gasteiger partial charge is 0.241 e. The van der Waals surface area contributed by atoms with Gasteiger partial charge in [0.05, 0.1) is 11.2 Å². The minimum Gasteiger partial charge on any atom is -0.241 e. The smallest absolute Gasteiger partial charge is 0.0664 e. The van der Waals surface area contributed by atoms with Crippen molar-refractivity contribution in [3.63, 3.8) is 0 Å². The van der Waals surface area contributed by atoms with Crippen molar-refractivity contribution in [1.82, 2.24) is 9.61 Å². The van der Waals surface area contributed by atoms with Crippen molar-refractivity contribution >= 4 is 5.52 Å². The lowest BCUT2D eigenvalue weighted by Crippen LogP contribution is -1.90. The van der Waals surface area contributed by atoms with Crippen LogP contribution >= 0.6 is 0 Å². The monoisotopic (exact) mass is 187 g/mol. The van der Waals surface area contributed by atoms with E-state index in [9.17, 15) is 0 Å². The van der Waals surface area contributed by atoms with E-state index in [2.05, 4.69) is 15.1 Å². The Kier molecular flexibility index (Phi) is 2.34. The van der Waals surface area contributed by atoms with Crippen LogP contribution in [0, 0.1) is 0 Å². The van der Waals surface area contributed by atoms with Gasteiger partial charge in [0.2, 0.25) is 0 Å². The van der Waals surface area contributed by atoms with E-state index in [4.69, 9.17) is 5.53 Å². The van der Waals surface area contributed by atoms with E-state index >= 15 is 0 Å². The highest BCUT2D eigenvalue weighted by atomic mass is 15.2. The second-order valence-electron chi connectivity index (χ2n) is 2.91. The van der Waals surface area contributed by atoms with Crippen molar-refractivity contribution in [2.24, 2.45) is 5.11 Å². The zero-order chi connectivity index (χ0) is 9.80. The Hall–Kier alpha value is -2.00. The molecule has 0 amide bonds. The van der Waals surface area contributed by atoms with Crippen LogP contribution in [-0.4, -0.2) is 16.2 Å². The topological polar surface area (TPSA) is 66.1 Å². The van der Waals surface area contributed by atoms with Gasteiger partial charge >= 0.3 is 0 Å². The van der Waals surface area contributed by atoms with Crippen LogP contribution in [0.5, 0.6) is 0 Å². The van der Waals surface area contributed by atoms with Crippen molar-refractivity contribution in [3.05, 3.63) is 46.6 Å². The van der Waals surface area contributed by atoms with Gasteiger partial charge in [0.15, 0.2) is 0 Å². The Labute approximate surface area is 80.6 Å². The molecule has 0 unspecified atom stereocenters. The maximum atomic E-state index is 8.12. The van der Waals surface area contributed by atoms with Crippen molar-refractivity contribution < 1.29 is 0 Å². The molecule has 0 aliphatic heterocycles. The van der Waals surface area contributed by atoms with Crippen LogP contribution in [0.1, 0.15) is 5.69 Å². The van der Waals surface area contributed by atoms with Crippen molar-refractivity contribution in [3.8, 4) is 0 Å². The summed E-state index contributed by atoms with van der Waals surface area (Å²) in [5.41, 5.74) is 10.1. The maximum Gasteiger partial charge on any atom is 0.0664 e. The van der Waals surface area contributed by atoms with Crippen molar-refractivity contribution in [2.45, 2.75) is 6.42 Å². The van der Waals surface area contributed by atoms with Crippen LogP contribution in [0.4, 0.5) is 0 Å². The van der Waals surface area contributed by atoms with E-state index in [0.29, 0.717) is 13.0 Å². The molecular weight excluding hydrogens is 178 g/mol. The second kappa shape index (κ2) is 3.81. The fraction of sp³-hybridized carbons (Fsp3) is 0.222. The highest BCUT2D eigenvalue weighted by Crippen LogP contribution is 2.06. The Morgan fingerprint density at radius 2 is 2.43 bits per heavy atom. The van der Waals surface area contributed by atoms with Crippen molar-refractivity contribution in [1.29, 1.82) is 0 Å². The quantitative estimate of drug-likeness (QED) is 0.412. The number of pyridine rings is 1. The standard InChI is InChI=1S/C9H9N5/c10-13-11-5-4-8-7-9-3-1-2-6-14(9)12-8/h1-3,6-7H,4-5H2. The van der Waals surface area contributed by atoms with E-state index < -0.39 is 0 Å². The van der Waals surface area contributed by atoms with Gasteiger partial charge in [-0.3, -0.25) is 0 Å². The molecule has 0 aliphatic rings. The summed E-state index contributed by atoms with van der Waals surface area (Å²) >= 11 is 0. The number of hydrogen-bond donors (Lipinski definition) is 0. The normalized spacial score (nSPS) is 10.0. The van der Waals surface area contributed by atoms with Gasteiger partial charge in [-0.2, -0.15) is 5.10 Å². The van der Waals surface area contributed by atoms with Crippen LogP contribution in [0.3, 0.4) is 0 Å². The molecule has 0 aliphatic carbocycles. The molecule has 0 radical (unpaired) electrons. The molecule has 0 saturated carbocycles. The third kappa shape index (κ3) is 1.67. The molecule has 0 N–H and O–H groups in total. The fourth-order valence-corrected chi connectivity index (χ4v) is 1.32. The van der Waals surface area contributed by atoms with Gasteiger partial charge in [0.1, 0.15) is 0 Å². The maximum absolute atomic E-state index is 8.12. The van der Waals surface area contributed by atoms with Crippen LogP contribution < -0.4 is 0 Å². The number of azide groups is 1. The average Bonchev–Trinajstić information content (AvgIpc) is 2.60. The van der Waals surface area contributed by atoms with Gasteiger partial charge in [-0.15, -0.1) is 0 Å². The average molecular weight is 187 g/mol. The lowest BCUT2D eigenvalue weighted by molar-refractivity contribution is 0.857. The van der Waals surface area contributed by atoms with Crippen LogP contribution in [0.15, 0.2) is 35.6 Å². The van der Waals surface area contributed by atoms with Gasteiger partial charge in [0, 0.05) is 17.7 Å². The van der Waals surface area contributed by atoms with Crippen LogP contribution in [0.2, 0.25) is 0 Å². The number of fused-ring (bicyclic) bond motifs is 1. The molecule has 2 aromatic rings. The SMILES string of the molecule is [N-]=[N+]=NCCc1cc2ccccn2n1. The summed E-state index contributed by atoms with van der Waals surface area (Å²) < 4.78 is 1.81. The Morgan fingerprint density at radius 3 is 3.21 bits per heavy atom. The first kappa shape index (κ1) is 8.59. The molecule has 5 nitrogen and oxygen atoms in total. The summed E-state index contributed by atoms with van der Waals surface area (Å²) in [6.07, 6.45) is 2.58. The van der Waals surface area contributed by atoms with Gasteiger partial charge in [-0.25, -0.2) is 4.52 Å². The lowest BCUT2D eigenvalue weighted by Gasteiger charge is -1.88. The summed E-state index contributed by atoms with van der Waals surface area (Å²) in [6.45, 7) is 0.459. The Morgan fingerprint density at radius 1 is 1.50 bits per heavy atom. The summed E-state index contributed by atoms with van der Waals surface area (Å²) in [6, 6.07) is 7.88. The fourth-order valence-electron chi connectivity index (χ4n) is 1.32. The highest BCUT2D eigenvalue weighted by molar-refractivity contribution is 5.46.